The third-order valence-electron chi connectivity index (χ3n) is 2.21. The summed E-state index contributed by atoms with van der Waals surface area (Å²) in [6.45, 7) is 7.14. The number of nitrogens with zero attached hydrogens (tertiary/aromatic N) is 1. The van der Waals surface area contributed by atoms with Crippen molar-refractivity contribution < 1.29 is 13.5 Å². The van der Waals surface area contributed by atoms with E-state index < -0.39 is 11.6 Å². The number of allylic oxidation sites excluding steroid dienone is 2. The number of aliphatic imine (C=N–C) groups is 1. The number of benzene rings is 1. The maximum absolute atomic E-state index is 13.8. The Morgan fingerprint density at radius 3 is 2.61 bits per heavy atom. The highest BCUT2D eigenvalue weighted by Gasteiger charge is 2.11. The fourth-order valence-electron chi connectivity index (χ4n) is 1.31. The van der Waals surface area contributed by atoms with E-state index in [1.165, 1.54) is 25.3 Å². The molecule has 0 saturated heterocycles. The Kier molecular flexibility index (Phi) is 4.77. The Bertz CT molecular complexity index is 515. The van der Waals surface area contributed by atoms with Gasteiger partial charge in [0.15, 0.2) is 0 Å². The fourth-order valence-corrected chi connectivity index (χ4v) is 1.31. The molecule has 1 aromatic rings. The van der Waals surface area contributed by atoms with E-state index in [9.17, 15) is 8.78 Å². The SMILES string of the molecule is C=C(/C(F)=C\N=C(C)C)c1ccc(F)cc1OC. The third-order valence-corrected chi connectivity index (χ3v) is 2.21. The lowest BCUT2D eigenvalue weighted by atomic mass is 10.1. The molecule has 0 N–H and O–H groups in total. The largest absolute Gasteiger partial charge is 0.496 e. The minimum atomic E-state index is -0.582. The predicted octanol–water partition coefficient (Wildman–Crippen LogP) is 4.14. The molecule has 0 aliphatic heterocycles. The van der Waals surface area contributed by atoms with Crippen molar-refractivity contribution in [3.8, 4) is 5.75 Å². The lowest BCUT2D eigenvalue weighted by Gasteiger charge is -2.09. The van der Waals surface area contributed by atoms with Crippen LogP contribution in [0.3, 0.4) is 0 Å². The second-order valence-electron chi connectivity index (χ2n) is 3.88. The first-order valence-corrected chi connectivity index (χ1v) is 5.35. The number of hydrogen-bond donors (Lipinski definition) is 0. The van der Waals surface area contributed by atoms with E-state index in [0.717, 1.165) is 11.9 Å². The van der Waals surface area contributed by atoms with Crippen LogP contribution in [0.4, 0.5) is 8.78 Å². The molecule has 2 nitrogen and oxygen atoms in total. The van der Waals surface area contributed by atoms with Crippen LogP contribution in [0.25, 0.3) is 5.57 Å². The number of halogens is 2. The molecule has 0 amide bonds. The van der Waals surface area contributed by atoms with E-state index in [1.54, 1.807) is 13.8 Å². The van der Waals surface area contributed by atoms with Gasteiger partial charge in [-0.05, 0) is 26.0 Å². The normalized spacial score (nSPS) is 11.1. The third kappa shape index (κ3) is 3.52. The van der Waals surface area contributed by atoms with Crippen molar-refractivity contribution in [3.05, 3.63) is 48.2 Å². The van der Waals surface area contributed by atoms with Crippen molar-refractivity contribution >= 4 is 11.3 Å². The summed E-state index contributed by atoms with van der Waals surface area (Å²) in [5.74, 6) is -0.794. The lowest BCUT2D eigenvalue weighted by molar-refractivity contribution is 0.410. The molecule has 0 aliphatic rings. The molecule has 0 unspecified atom stereocenters. The van der Waals surface area contributed by atoms with Crippen molar-refractivity contribution in [1.29, 1.82) is 0 Å². The summed E-state index contributed by atoms with van der Waals surface area (Å²) in [6.07, 6.45) is 1.08. The number of rotatable bonds is 4. The van der Waals surface area contributed by atoms with Crippen LogP contribution in [0.2, 0.25) is 0 Å². The van der Waals surface area contributed by atoms with Crippen LogP contribution in [-0.2, 0) is 0 Å². The molecule has 0 heterocycles. The van der Waals surface area contributed by atoms with Crippen molar-refractivity contribution in [2.24, 2.45) is 4.99 Å². The number of ether oxygens (including phenoxy) is 1. The van der Waals surface area contributed by atoms with Crippen LogP contribution in [0.15, 0.2) is 41.8 Å². The molecular formula is C14H15F2NO. The van der Waals surface area contributed by atoms with E-state index in [1.807, 2.05) is 0 Å². The van der Waals surface area contributed by atoms with Crippen LogP contribution >= 0.6 is 0 Å². The van der Waals surface area contributed by atoms with Gasteiger partial charge in [-0.25, -0.2) is 8.78 Å². The molecule has 1 aromatic carbocycles. The summed E-state index contributed by atoms with van der Waals surface area (Å²) >= 11 is 0. The zero-order valence-electron chi connectivity index (χ0n) is 10.6. The van der Waals surface area contributed by atoms with Crippen LogP contribution in [0.1, 0.15) is 19.4 Å². The Morgan fingerprint density at radius 1 is 1.39 bits per heavy atom. The number of methoxy groups -OCH3 is 1. The van der Waals surface area contributed by atoms with Gasteiger partial charge in [-0.3, -0.25) is 4.99 Å². The van der Waals surface area contributed by atoms with E-state index in [2.05, 4.69) is 11.6 Å². The van der Waals surface area contributed by atoms with Gasteiger partial charge in [0.05, 0.1) is 13.3 Å². The Morgan fingerprint density at radius 2 is 2.06 bits per heavy atom. The quantitative estimate of drug-likeness (QED) is 0.582. The Labute approximate surface area is 105 Å². The average Bonchev–Trinajstić information content (AvgIpc) is 2.34. The summed E-state index contributed by atoms with van der Waals surface area (Å²) in [5, 5.41) is 0. The smallest absolute Gasteiger partial charge is 0.148 e. The van der Waals surface area contributed by atoms with Crippen LogP contribution in [0.5, 0.6) is 5.75 Å². The van der Waals surface area contributed by atoms with Gasteiger partial charge in [0.1, 0.15) is 17.4 Å². The first-order valence-electron chi connectivity index (χ1n) is 5.35. The van der Waals surface area contributed by atoms with Gasteiger partial charge in [-0.15, -0.1) is 0 Å². The van der Waals surface area contributed by atoms with Gasteiger partial charge in [-0.1, -0.05) is 6.58 Å². The molecule has 0 saturated carbocycles. The van der Waals surface area contributed by atoms with Gasteiger partial charge in [-0.2, -0.15) is 0 Å². The summed E-state index contributed by atoms with van der Waals surface area (Å²) in [5.41, 5.74) is 1.23. The van der Waals surface area contributed by atoms with E-state index >= 15 is 0 Å². The molecule has 18 heavy (non-hydrogen) atoms. The topological polar surface area (TPSA) is 21.6 Å². The molecule has 0 aromatic heterocycles. The molecule has 96 valence electrons. The van der Waals surface area contributed by atoms with Gasteiger partial charge in [0, 0.05) is 22.9 Å². The van der Waals surface area contributed by atoms with Gasteiger partial charge < -0.3 is 4.74 Å². The highest BCUT2D eigenvalue weighted by molar-refractivity contribution is 5.81. The molecule has 1 rings (SSSR count). The second-order valence-corrected chi connectivity index (χ2v) is 3.88. The maximum Gasteiger partial charge on any atom is 0.148 e. The van der Waals surface area contributed by atoms with E-state index in [4.69, 9.17) is 4.74 Å². The van der Waals surface area contributed by atoms with Gasteiger partial charge in [0.25, 0.3) is 0 Å². The molecule has 0 radical (unpaired) electrons. The van der Waals surface area contributed by atoms with E-state index in [0.29, 0.717) is 5.56 Å². The molecular weight excluding hydrogens is 236 g/mol. The lowest BCUT2D eigenvalue weighted by Crippen LogP contribution is -1.93. The molecule has 0 fully saturated rings. The zero-order valence-corrected chi connectivity index (χ0v) is 10.6. The maximum atomic E-state index is 13.8. The standard InChI is InChI=1S/C14H15F2NO/c1-9(2)17-8-13(16)10(3)12-6-5-11(15)7-14(12)18-4/h5-8H,3H2,1-2,4H3/b13-8+. The van der Waals surface area contributed by atoms with Crippen molar-refractivity contribution in [3.63, 3.8) is 0 Å². The summed E-state index contributed by atoms with van der Waals surface area (Å²) < 4.78 is 31.8. The second kappa shape index (κ2) is 6.10. The first kappa shape index (κ1) is 14.1. The van der Waals surface area contributed by atoms with Crippen LogP contribution in [-0.4, -0.2) is 12.8 Å². The van der Waals surface area contributed by atoms with Crippen molar-refractivity contribution in [2.45, 2.75) is 13.8 Å². The Hall–Kier alpha value is -1.97. The highest BCUT2D eigenvalue weighted by Crippen LogP contribution is 2.30. The predicted molar refractivity (Wildman–Crippen MR) is 70.0 cm³/mol. The molecule has 0 atom stereocenters. The van der Waals surface area contributed by atoms with E-state index in [-0.39, 0.29) is 11.3 Å². The van der Waals surface area contributed by atoms with Gasteiger partial charge in [0.2, 0.25) is 0 Å². The van der Waals surface area contributed by atoms with Crippen molar-refractivity contribution in [2.75, 3.05) is 7.11 Å². The Balaban J connectivity index is 3.11. The number of hydrogen-bond acceptors (Lipinski definition) is 2. The molecule has 4 heteroatoms. The summed E-state index contributed by atoms with van der Waals surface area (Å²) in [6, 6.07) is 3.83. The first-order chi connectivity index (χ1) is 8.45. The molecule has 0 aliphatic carbocycles. The highest BCUT2D eigenvalue weighted by atomic mass is 19.1. The summed E-state index contributed by atoms with van der Waals surface area (Å²) in [7, 11) is 1.39. The fraction of sp³-hybridized carbons (Fsp3) is 0.214. The summed E-state index contributed by atoms with van der Waals surface area (Å²) in [4.78, 5) is 3.85. The zero-order chi connectivity index (χ0) is 13.7. The average molecular weight is 251 g/mol. The minimum Gasteiger partial charge on any atom is -0.496 e. The molecule has 0 spiro atoms. The van der Waals surface area contributed by atoms with Crippen LogP contribution in [0, 0.1) is 5.82 Å². The molecule has 0 bridgehead atoms. The van der Waals surface area contributed by atoms with Crippen LogP contribution < -0.4 is 4.74 Å². The van der Waals surface area contributed by atoms with Gasteiger partial charge >= 0.3 is 0 Å². The van der Waals surface area contributed by atoms with Crippen molar-refractivity contribution in [1.82, 2.24) is 0 Å². The monoisotopic (exact) mass is 251 g/mol. The minimum absolute atomic E-state index is 0.108.